The van der Waals surface area contributed by atoms with E-state index < -0.39 is 12.0 Å². The monoisotopic (exact) mass is 305 g/mol. The van der Waals surface area contributed by atoms with Crippen LogP contribution in [0.15, 0.2) is 36.5 Å². The van der Waals surface area contributed by atoms with Crippen LogP contribution in [0.3, 0.4) is 0 Å². The van der Waals surface area contributed by atoms with Crippen LogP contribution < -0.4 is 10.6 Å². The van der Waals surface area contributed by atoms with Crippen LogP contribution in [-0.4, -0.2) is 22.1 Å². The molecule has 3 N–H and O–H groups in total. The predicted octanol–water partition coefficient (Wildman–Crippen LogP) is 3.39. The SMILES string of the molecule is Cc1ncccc1NC(=O)Nc1cc(Cl)ccc1C(=O)O. The van der Waals surface area contributed by atoms with E-state index in [2.05, 4.69) is 15.6 Å². The number of carboxylic acid groups (broad SMARTS) is 1. The molecule has 0 bridgehead atoms. The summed E-state index contributed by atoms with van der Waals surface area (Å²) < 4.78 is 0. The minimum absolute atomic E-state index is 0.0440. The van der Waals surface area contributed by atoms with E-state index in [-0.39, 0.29) is 11.3 Å². The summed E-state index contributed by atoms with van der Waals surface area (Å²) in [4.78, 5) is 27.1. The Bertz CT molecular complexity index is 704. The van der Waals surface area contributed by atoms with Gasteiger partial charge in [-0.1, -0.05) is 11.6 Å². The van der Waals surface area contributed by atoms with Crippen LogP contribution >= 0.6 is 11.6 Å². The van der Waals surface area contributed by atoms with Crippen LogP contribution in [-0.2, 0) is 0 Å². The maximum Gasteiger partial charge on any atom is 0.337 e. The van der Waals surface area contributed by atoms with Crippen LogP contribution in [0.1, 0.15) is 16.1 Å². The Kier molecular flexibility index (Phi) is 4.39. The molecule has 2 rings (SSSR count). The molecule has 7 heteroatoms. The number of amides is 2. The highest BCUT2D eigenvalue weighted by molar-refractivity contribution is 6.31. The Hall–Kier alpha value is -2.60. The lowest BCUT2D eigenvalue weighted by molar-refractivity contribution is 0.0698. The van der Waals surface area contributed by atoms with Crippen molar-refractivity contribution >= 4 is 35.0 Å². The number of aromatic nitrogens is 1. The molecule has 0 aliphatic carbocycles. The van der Waals surface area contributed by atoms with Gasteiger partial charge in [-0.25, -0.2) is 9.59 Å². The van der Waals surface area contributed by atoms with Crippen molar-refractivity contribution in [3.05, 3.63) is 52.8 Å². The van der Waals surface area contributed by atoms with Crippen molar-refractivity contribution in [1.29, 1.82) is 0 Å². The molecule has 2 aromatic rings. The Balaban J connectivity index is 2.18. The number of hydrogen-bond acceptors (Lipinski definition) is 3. The Morgan fingerprint density at radius 2 is 1.90 bits per heavy atom. The molecular weight excluding hydrogens is 294 g/mol. The Morgan fingerprint density at radius 3 is 2.57 bits per heavy atom. The number of carbonyl (C=O) groups excluding carboxylic acids is 1. The highest BCUT2D eigenvalue weighted by atomic mass is 35.5. The zero-order valence-corrected chi connectivity index (χ0v) is 11.8. The summed E-state index contributed by atoms with van der Waals surface area (Å²) in [5.41, 5.74) is 1.26. The van der Waals surface area contributed by atoms with Gasteiger partial charge in [-0.3, -0.25) is 4.98 Å². The number of carbonyl (C=O) groups is 2. The quantitative estimate of drug-likeness (QED) is 0.810. The molecule has 0 atom stereocenters. The first kappa shape index (κ1) is 14.8. The summed E-state index contributed by atoms with van der Waals surface area (Å²) in [7, 11) is 0. The van der Waals surface area contributed by atoms with Crippen LogP contribution in [0.2, 0.25) is 5.02 Å². The van der Waals surface area contributed by atoms with Gasteiger partial charge >= 0.3 is 12.0 Å². The van der Waals surface area contributed by atoms with Crippen LogP contribution in [0.25, 0.3) is 0 Å². The topological polar surface area (TPSA) is 91.3 Å². The summed E-state index contributed by atoms with van der Waals surface area (Å²) >= 11 is 5.82. The highest BCUT2D eigenvalue weighted by Gasteiger charge is 2.13. The fraction of sp³-hybridized carbons (Fsp3) is 0.0714. The number of nitrogens with zero attached hydrogens (tertiary/aromatic N) is 1. The van der Waals surface area contributed by atoms with Crippen molar-refractivity contribution in [2.45, 2.75) is 6.92 Å². The summed E-state index contributed by atoms with van der Waals surface area (Å²) in [5, 5.41) is 14.5. The third-order valence-corrected chi connectivity index (χ3v) is 2.95. The minimum atomic E-state index is -1.15. The standard InChI is InChI=1S/C14H12ClN3O3/c1-8-11(3-2-6-16-8)17-14(21)18-12-7-9(15)4-5-10(12)13(19)20/h2-7H,1H3,(H,19,20)(H2,17,18,21). The lowest BCUT2D eigenvalue weighted by Gasteiger charge is -2.11. The van der Waals surface area contributed by atoms with E-state index in [1.54, 1.807) is 25.3 Å². The number of aryl methyl sites for hydroxylation is 1. The molecule has 1 aromatic heterocycles. The Labute approximate surface area is 125 Å². The number of hydrogen-bond donors (Lipinski definition) is 3. The van der Waals surface area contributed by atoms with Gasteiger partial charge in [0.25, 0.3) is 0 Å². The van der Waals surface area contributed by atoms with E-state index >= 15 is 0 Å². The molecule has 1 heterocycles. The highest BCUT2D eigenvalue weighted by Crippen LogP contribution is 2.21. The van der Waals surface area contributed by atoms with Crippen LogP contribution in [0.4, 0.5) is 16.2 Å². The van der Waals surface area contributed by atoms with Crippen molar-refractivity contribution in [2.75, 3.05) is 10.6 Å². The molecule has 0 fully saturated rings. The second-order valence-electron chi connectivity index (χ2n) is 4.21. The van der Waals surface area contributed by atoms with Gasteiger partial charge in [0, 0.05) is 11.2 Å². The van der Waals surface area contributed by atoms with Gasteiger partial charge in [-0.15, -0.1) is 0 Å². The maximum absolute atomic E-state index is 11.9. The molecule has 2 amide bonds. The normalized spacial score (nSPS) is 10.0. The van der Waals surface area contributed by atoms with E-state index in [0.717, 1.165) is 0 Å². The van der Waals surface area contributed by atoms with Gasteiger partial charge in [-0.05, 0) is 37.3 Å². The van der Waals surface area contributed by atoms with Gasteiger partial charge in [0.2, 0.25) is 0 Å². The molecule has 1 aromatic carbocycles. The lowest BCUT2D eigenvalue weighted by Crippen LogP contribution is -2.21. The van der Waals surface area contributed by atoms with E-state index in [4.69, 9.17) is 16.7 Å². The van der Waals surface area contributed by atoms with Crippen molar-refractivity contribution in [3.8, 4) is 0 Å². The number of carboxylic acids is 1. The number of anilines is 2. The number of urea groups is 1. The van der Waals surface area contributed by atoms with Crippen molar-refractivity contribution in [2.24, 2.45) is 0 Å². The molecule has 0 aliphatic heterocycles. The summed E-state index contributed by atoms with van der Waals surface area (Å²) in [5.74, 6) is -1.15. The molecule has 0 saturated heterocycles. The smallest absolute Gasteiger partial charge is 0.337 e. The third kappa shape index (κ3) is 3.70. The van der Waals surface area contributed by atoms with Gasteiger partial charge in [-0.2, -0.15) is 0 Å². The predicted molar refractivity (Wildman–Crippen MR) is 80.0 cm³/mol. The van der Waals surface area contributed by atoms with Crippen LogP contribution in [0, 0.1) is 6.92 Å². The van der Waals surface area contributed by atoms with Gasteiger partial charge in [0.05, 0.1) is 22.6 Å². The second-order valence-corrected chi connectivity index (χ2v) is 4.65. The molecule has 0 aliphatic rings. The number of benzene rings is 1. The molecule has 108 valence electrons. The zero-order chi connectivity index (χ0) is 15.4. The fourth-order valence-electron chi connectivity index (χ4n) is 1.70. The first-order valence-electron chi connectivity index (χ1n) is 6.00. The molecular formula is C14H12ClN3O3. The first-order chi connectivity index (χ1) is 9.97. The minimum Gasteiger partial charge on any atom is -0.478 e. The molecule has 21 heavy (non-hydrogen) atoms. The average Bonchev–Trinajstić information content (AvgIpc) is 2.41. The third-order valence-electron chi connectivity index (χ3n) is 2.72. The Morgan fingerprint density at radius 1 is 1.19 bits per heavy atom. The van der Waals surface area contributed by atoms with E-state index in [9.17, 15) is 9.59 Å². The second kappa shape index (κ2) is 6.23. The maximum atomic E-state index is 11.9. The van der Waals surface area contributed by atoms with E-state index in [1.807, 2.05) is 0 Å². The van der Waals surface area contributed by atoms with Gasteiger partial charge < -0.3 is 15.7 Å². The number of aromatic carboxylic acids is 1. The molecule has 0 spiro atoms. The number of nitrogens with one attached hydrogen (secondary N) is 2. The lowest BCUT2D eigenvalue weighted by atomic mass is 10.2. The summed E-state index contributed by atoms with van der Waals surface area (Å²) in [6, 6.07) is 6.95. The largest absolute Gasteiger partial charge is 0.478 e. The molecule has 0 saturated carbocycles. The summed E-state index contributed by atoms with van der Waals surface area (Å²) in [6.45, 7) is 1.75. The zero-order valence-electron chi connectivity index (χ0n) is 11.1. The average molecular weight is 306 g/mol. The number of halogens is 1. The van der Waals surface area contributed by atoms with Gasteiger partial charge in [0.1, 0.15) is 0 Å². The molecule has 6 nitrogen and oxygen atoms in total. The summed E-state index contributed by atoms with van der Waals surface area (Å²) in [6.07, 6.45) is 1.61. The molecule has 0 radical (unpaired) electrons. The van der Waals surface area contributed by atoms with E-state index in [1.165, 1.54) is 18.2 Å². The number of pyridine rings is 1. The van der Waals surface area contributed by atoms with Crippen molar-refractivity contribution in [1.82, 2.24) is 4.98 Å². The van der Waals surface area contributed by atoms with Crippen LogP contribution in [0.5, 0.6) is 0 Å². The van der Waals surface area contributed by atoms with Crippen molar-refractivity contribution in [3.63, 3.8) is 0 Å². The van der Waals surface area contributed by atoms with Gasteiger partial charge in [0.15, 0.2) is 0 Å². The van der Waals surface area contributed by atoms with E-state index in [0.29, 0.717) is 16.4 Å². The first-order valence-corrected chi connectivity index (χ1v) is 6.37. The molecule has 0 unspecified atom stereocenters. The fourth-order valence-corrected chi connectivity index (χ4v) is 1.87. The number of rotatable bonds is 3. The van der Waals surface area contributed by atoms with Crippen molar-refractivity contribution < 1.29 is 14.7 Å².